The van der Waals surface area contributed by atoms with Crippen LogP contribution in [-0.4, -0.2) is 53.9 Å². The van der Waals surface area contributed by atoms with Gasteiger partial charge in [0.15, 0.2) is 0 Å². The highest BCUT2D eigenvalue weighted by Crippen LogP contribution is 2.36. The normalized spacial score (nSPS) is 17.1. The molecule has 0 bridgehead atoms. The van der Waals surface area contributed by atoms with Crippen LogP contribution < -0.4 is 5.73 Å². The van der Waals surface area contributed by atoms with Crippen LogP contribution >= 0.6 is 0 Å². The van der Waals surface area contributed by atoms with Gasteiger partial charge in [0.05, 0.1) is 0 Å². The Labute approximate surface area is 114 Å². The van der Waals surface area contributed by atoms with Crippen LogP contribution in [0.3, 0.4) is 0 Å². The van der Waals surface area contributed by atoms with Gasteiger partial charge in [-0.05, 0) is 45.5 Å². The maximum atomic E-state index is 12.3. The van der Waals surface area contributed by atoms with Crippen LogP contribution in [0.15, 0.2) is 18.2 Å². The first-order chi connectivity index (χ1) is 8.94. The third kappa shape index (κ3) is 2.71. The smallest absolute Gasteiger partial charge is 0.272 e. The summed E-state index contributed by atoms with van der Waals surface area (Å²) in [5.74, 6) is 0.311. The first-order valence-corrected chi connectivity index (χ1v) is 6.60. The number of nitrogens with two attached hydrogens (primary N) is 1. The minimum absolute atomic E-state index is 0.0691. The molecule has 1 aliphatic carbocycles. The zero-order valence-electron chi connectivity index (χ0n) is 11.9. The average molecular weight is 262 g/mol. The SMILES string of the molecule is CN(CC1(N(C)C)CCC1)C(=O)c1cccc(N)n1. The number of hydrogen-bond acceptors (Lipinski definition) is 4. The summed E-state index contributed by atoms with van der Waals surface area (Å²) in [6.07, 6.45) is 3.51. The predicted molar refractivity (Wildman–Crippen MR) is 75.9 cm³/mol. The molecule has 104 valence electrons. The van der Waals surface area contributed by atoms with Crippen molar-refractivity contribution in [3.63, 3.8) is 0 Å². The van der Waals surface area contributed by atoms with Gasteiger partial charge >= 0.3 is 0 Å². The monoisotopic (exact) mass is 262 g/mol. The van der Waals surface area contributed by atoms with Crippen LogP contribution in [0.4, 0.5) is 5.82 Å². The van der Waals surface area contributed by atoms with Crippen molar-refractivity contribution in [1.29, 1.82) is 0 Å². The summed E-state index contributed by atoms with van der Waals surface area (Å²) in [7, 11) is 5.99. The minimum Gasteiger partial charge on any atom is -0.384 e. The second kappa shape index (κ2) is 5.17. The quantitative estimate of drug-likeness (QED) is 0.886. The molecule has 0 unspecified atom stereocenters. The van der Waals surface area contributed by atoms with E-state index in [0.29, 0.717) is 11.5 Å². The molecule has 1 aliphatic rings. The van der Waals surface area contributed by atoms with Crippen molar-refractivity contribution in [1.82, 2.24) is 14.8 Å². The van der Waals surface area contributed by atoms with Gasteiger partial charge in [-0.1, -0.05) is 6.07 Å². The van der Waals surface area contributed by atoms with Gasteiger partial charge < -0.3 is 15.5 Å². The van der Waals surface area contributed by atoms with Gasteiger partial charge in [-0.15, -0.1) is 0 Å². The van der Waals surface area contributed by atoms with Gasteiger partial charge in [0, 0.05) is 19.1 Å². The maximum absolute atomic E-state index is 12.3. The van der Waals surface area contributed by atoms with E-state index in [1.54, 1.807) is 23.1 Å². The number of likely N-dealkylation sites (N-methyl/N-ethyl adjacent to an activating group) is 2. The summed E-state index contributed by atoms with van der Waals surface area (Å²) in [6, 6.07) is 5.15. The third-order valence-electron chi connectivity index (χ3n) is 4.10. The number of nitrogen functional groups attached to an aromatic ring is 1. The second-order valence-corrected chi connectivity index (χ2v) is 5.58. The molecule has 0 radical (unpaired) electrons. The average Bonchev–Trinajstić information content (AvgIpc) is 2.32. The molecular weight excluding hydrogens is 240 g/mol. The highest BCUT2D eigenvalue weighted by atomic mass is 16.2. The van der Waals surface area contributed by atoms with Crippen molar-refractivity contribution in [2.45, 2.75) is 24.8 Å². The summed E-state index contributed by atoms with van der Waals surface area (Å²) >= 11 is 0. The molecule has 0 saturated heterocycles. The minimum atomic E-state index is -0.0691. The molecule has 0 spiro atoms. The summed E-state index contributed by atoms with van der Waals surface area (Å²) in [4.78, 5) is 20.4. The van der Waals surface area contributed by atoms with Gasteiger partial charge in [-0.2, -0.15) is 0 Å². The van der Waals surface area contributed by atoms with Crippen molar-refractivity contribution < 1.29 is 4.79 Å². The molecule has 5 nitrogen and oxygen atoms in total. The van der Waals surface area contributed by atoms with Crippen molar-refractivity contribution >= 4 is 11.7 Å². The van der Waals surface area contributed by atoms with E-state index in [0.717, 1.165) is 19.4 Å². The van der Waals surface area contributed by atoms with Crippen molar-refractivity contribution in [2.24, 2.45) is 0 Å². The summed E-state index contributed by atoms with van der Waals surface area (Å²) in [5, 5.41) is 0. The highest BCUT2D eigenvalue weighted by molar-refractivity contribution is 5.92. The van der Waals surface area contributed by atoms with E-state index >= 15 is 0 Å². The maximum Gasteiger partial charge on any atom is 0.272 e. The molecule has 1 amide bonds. The molecule has 5 heteroatoms. The highest BCUT2D eigenvalue weighted by Gasteiger charge is 2.40. The van der Waals surface area contributed by atoms with Gasteiger partial charge in [0.1, 0.15) is 11.5 Å². The van der Waals surface area contributed by atoms with Crippen LogP contribution in [0, 0.1) is 0 Å². The summed E-state index contributed by atoms with van der Waals surface area (Å²) in [6.45, 7) is 0.731. The fourth-order valence-corrected chi connectivity index (χ4v) is 2.61. The van der Waals surface area contributed by atoms with Crippen LogP contribution in [0.5, 0.6) is 0 Å². The van der Waals surface area contributed by atoms with Crippen molar-refractivity contribution in [2.75, 3.05) is 33.4 Å². The topological polar surface area (TPSA) is 62.5 Å². The molecular formula is C14H22N4O. The fraction of sp³-hybridized carbons (Fsp3) is 0.571. The summed E-state index contributed by atoms with van der Waals surface area (Å²) in [5.41, 5.74) is 6.16. The Bertz CT molecular complexity index is 468. The molecule has 1 aromatic heterocycles. The van der Waals surface area contributed by atoms with Gasteiger partial charge in [0.25, 0.3) is 5.91 Å². The van der Waals surface area contributed by atoms with E-state index in [1.165, 1.54) is 6.42 Å². The first-order valence-electron chi connectivity index (χ1n) is 6.60. The number of pyridine rings is 1. The molecule has 1 saturated carbocycles. The Hall–Kier alpha value is -1.62. The molecule has 19 heavy (non-hydrogen) atoms. The lowest BCUT2D eigenvalue weighted by Gasteiger charge is -2.49. The van der Waals surface area contributed by atoms with Crippen molar-refractivity contribution in [3.8, 4) is 0 Å². The fourth-order valence-electron chi connectivity index (χ4n) is 2.61. The van der Waals surface area contributed by atoms with Gasteiger partial charge in [-0.3, -0.25) is 4.79 Å². The van der Waals surface area contributed by atoms with E-state index in [4.69, 9.17) is 5.73 Å². The van der Waals surface area contributed by atoms with E-state index in [-0.39, 0.29) is 11.4 Å². The molecule has 1 aromatic rings. The van der Waals surface area contributed by atoms with E-state index in [2.05, 4.69) is 24.0 Å². The first kappa shape index (κ1) is 13.8. The zero-order chi connectivity index (χ0) is 14.0. The lowest BCUT2D eigenvalue weighted by molar-refractivity contribution is 0.0250. The largest absolute Gasteiger partial charge is 0.384 e. The predicted octanol–water partition coefficient (Wildman–Crippen LogP) is 1.22. The molecule has 1 heterocycles. The Kier molecular flexibility index (Phi) is 3.75. The van der Waals surface area contributed by atoms with Crippen molar-refractivity contribution in [3.05, 3.63) is 23.9 Å². The molecule has 2 N–H and O–H groups in total. The Balaban J connectivity index is 2.07. The van der Waals surface area contributed by atoms with E-state index in [9.17, 15) is 4.79 Å². The number of rotatable bonds is 4. The lowest BCUT2D eigenvalue weighted by Crippen LogP contribution is -2.57. The third-order valence-corrected chi connectivity index (χ3v) is 4.10. The Morgan fingerprint density at radius 2 is 2.05 bits per heavy atom. The number of anilines is 1. The van der Waals surface area contributed by atoms with E-state index in [1.807, 2.05) is 7.05 Å². The van der Waals surface area contributed by atoms with Gasteiger partial charge in [0.2, 0.25) is 0 Å². The standard InChI is InChI=1S/C14H22N4O/c1-17(2)14(8-5-9-14)10-18(3)13(19)11-6-4-7-12(15)16-11/h4,6-7H,5,8-10H2,1-3H3,(H2,15,16). The molecule has 0 atom stereocenters. The molecule has 1 fully saturated rings. The van der Waals surface area contributed by atoms with Crippen LogP contribution in [0.1, 0.15) is 29.8 Å². The van der Waals surface area contributed by atoms with Gasteiger partial charge in [-0.25, -0.2) is 4.98 Å². The number of carbonyl (C=O) groups is 1. The molecule has 2 rings (SSSR count). The van der Waals surface area contributed by atoms with E-state index < -0.39 is 0 Å². The number of aromatic nitrogens is 1. The Morgan fingerprint density at radius 1 is 1.37 bits per heavy atom. The number of hydrogen-bond donors (Lipinski definition) is 1. The number of carbonyl (C=O) groups excluding carboxylic acids is 1. The summed E-state index contributed by atoms with van der Waals surface area (Å²) < 4.78 is 0. The lowest BCUT2D eigenvalue weighted by atomic mass is 9.75. The number of nitrogens with zero attached hydrogens (tertiary/aromatic N) is 3. The molecule has 0 aromatic carbocycles. The van der Waals surface area contributed by atoms with Crippen LogP contribution in [-0.2, 0) is 0 Å². The van der Waals surface area contributed by atoms with Crippen LogP contribution in [0.25, 0.3) is 0 Å². The zero-order valence-corrected chi connectivity index (χ0v) is 11.9. The Morgan fingerprint density at radius 3 is 2.53 bits per heavy atom. The van der Waals surface area contributed by atoms with Crippen LogP contribution in [0.2, 0.25) is 0 Å². The molecule has 0 aliphatic heterocycles. The second-order valence-electron chi connectivity index (χ2n) is 5.58. The number of amides is 1.